The Morgan fingerprint density at radius 3 is 1.64 bits per heavy atom. The standard InChI is InChI=1S/C21H24BrNO5S.C20H24BrNO4S/c1-25-14-28-19-6-4-3-5-18(19)20(21(24)26-2)29-17-12-15(22)11-16(13-17)23-7-9-27-10-8-23;1-24-14-26-19-5-3-2-4-18(19)20(13-23)27-17-11-15(21)10-16(12-17)22-6-8-25-9-7-22/h3-6,11-13,20H,7-10,14H2,1-2H3;2-5,10-12,20,23H,6-9,13-14H2,1H3. The van der Waals surface area contributed by atoms with Gasteiger partial charge in [-0.05, 0) is 48.5 Å². The van der Waals surface area contributed by atoms with Crippen LogP contribution < -0.4 is 19.3 Å². The summed E-state index contributed by atoms with van der Waals surface area (Å²) in [7, 11) is 4.55. The minimum absolute atomic E-state index is 0.0113. The van der Waals surface area contributed by atoms with Crippen LogP contribution >= 0.6 is 55.4 Å². The molecule has 4 aromatic rings. The minimum atomic E-state index is -0.570. The molecule has 1 N–H and O–H groups in total. The van der Waals surface area contributed by atoms with Gasteiger partial charge in [-0.2, -0.15) is 0 Å². The number of morpholine rings is 2. The first-order valence-electron chi connectivity index (χ1n) is 18.0. The molecule has 11 nitrogen and oxygen atoms in total. The normalized spacial score (nSPS) is 15.3. The summed E-state index contributed by atoms with van der Waals surface area (Å²) in [6.07, 6.45) is 0. The Labute approximate surface area is 354 Å². The van der Waals surface area contributed by atoms with Crippen molar-refractivity contribution < 1.29 is 43.1 Å². The van der Waals surface area contributed by atoms with Gasteiger partial charge in [-0.25, -0.2) is 0 Å². The molecular weight excluding hydrogens is 888 g/mol. The van der Waals surface area contributed by atoms with E-state index in [0.717, 1.165) is 86.4 Å². The predicted molar refractivity (Wildman–Crippen MR) is 229 cm³/mol. The number of methoxy groups -OCH3 is 3. The number of benzene rings is 4. The van der Waals surface area contributed by atoms with E-state index in [1.54, 1.807) is 26.0 Å². The molecule has 2 saturated heterocycles. The Bertz CT molecular complexity index is 1830. The lowest BCUT2D eigenvalue weighted by Gasteiger charge is -2.29. The van der Waals surface area contributed by atoms with Gasteiger partial charge in [0.1, 0.15) is 16.7 Å². The summed E-state index contributed by atoms with van der Waals surface area (Å²) >= 11 is 10.3. The fourth-order valence-corrected chi connectivity index (χ4v) is 9.58. The number of para-hydroxylation sites is 2. The fraction of sp³-hybridized carbons (Fsp3) is 0.390. The van der Waals surface area contributed by atoms with Gasteiger partial charge in [0.2, 0.25) is 0 Å². The second-order valence-electron chi connectivity index (χ2n) is 12.5. The summed E-state index contributed by atoms with van der Waals surface area (Å²) in [5, 5.41) is 9.33. The van der Waals surface area contributed by atoms with Crippen LogP contribution in [0.4, 0.5) is 11.4 Å². The Morgan fingerprint density at radius 2 is 1.16 bits per heavy atom. The highest BCUT2D eigenvalue weighted by Gasteiger charge is 2.27. The Hall–Kier alpha value is -2.99. The van der Waals surface area contributed by atoms with Crippen LogP contribution in [0, 0.1) is 0 Å². The number of carbonyl (C=O) groups is 1. The van der Waals surface area contributed by atoms with Gasteiger partial charge in [0, 0.05) is 81.6 Å². The summed E-state index contributed by atoms with van der Waals surface area (Å²) in [6, 6.07) is 27.8. The van der Waals surface area contributed by atoms with Crippen LogP contribution in [0.15, 0.2) is 104 Å². The first-order valence-corrected chi connectivity index (χ1v) is 21.4. The van der Waals surface area contributed by atoms with Crippen molar-refractivity contribution in [2.75, 3.05) is 104 Å². The van der Waals surface area contributed by atoms with Gasteiger partial charge in [-0.15, -0.1) is 23.5 Å². The lowest BCUT2D eigenvalue weighted by Crippen LogP contribution is -2.36. The van der Waals surface area contributed by atoms with Crippen LogP contribution in [0.3, 0.4) is 0 Å². The third-order valence-electron chi connectivity index (χ3n) is 8.71. The Morgan fingerprint density at radius 1 is 0.696 bits per heavy atom. The van der Waals surface area contributed by atoms with Crippen molar-refractivity contribution in [1.29, 1.82) is 0 Å². The molecule has 0 saturated carbocycles. The van der Waals surface area contributed by atoms with E-state index in [9.17, 15) is 9.90 Å². The Balaban J connectivity index is 0.000000215. The van der Waals surface area contributed by atoms with E-state index in [2.05, 4.69) is 72.0 Å². The minimum Gasteiger partial charge on any atom is -0.468 e. The zero-order valence-corrected chi connectivity index (χ0v) is 36.5. The summed E-state index contributed by atoms with van der Waals surface area (Å²) in [6.45, 7) is 6.67. The molecule has 0 radical (unpaired) electrons. The number of aliphatic hydroxyl groups is 1. The number of hydrogen-bond acceptors (Lipinski definition) is 13. The zero-order valence-electron chi connectivity index (χ0n) is 31.7. The largest absolute Gasteiger partial charge is 0.468 e. The first kappa shape index (κ1) is 44.1. The molecule has 0 bridgehead atoms. The van der Waals surface area contributed by atoms with Gasteiger partial charge in [0.15, 0.2) is 13.6 Å². The molecule has 2 fully saturated rings. The molecular formula is C41H48Br2N2O9S2. The molecule has 15 heteroatoms. The molecule has 0 spiro atoms. The maximum absolute atomic E-state index is 12.6. The monoisotopic (exact) mass is 934 g/mol. The molecule has 4 aromatic carbocycles. The third kappa shape index (κ3) is 13.0. The van der Waals surface area contributed by atoms with Crippen LogP contribution in [-0.2, 0) is 28.5 Å². The van der Waals surface area contributed by atoms with Gasteiger partial charge in [0.05, 0.1) is 45.4 Å². The lowest BCUT2D eigenvalue weighted by molar-refractivity contribution is -0.140. The average molecular weight is 937 g/mol. The number of anilines is 2. The van der Waals surface area contributed by atoms with Crippen molar-refractivity contribution in [2.45, 2.75) is 20.3 Å². The smallest absolute Gasteiger partial charge is 0.323 e. The lowest BCUT2D eigenvalue weighted by atomic mass is 10.1. The van der Waals surface area contributed by atoms with Crippen molar-refractivity contribution in [3.63, 3.8) is 0 Å². The molecule has 302 valence electrons. The zero-order chi connectivity index (χ0) is 39.7. The van der Waals surface area contributed by atoms with E-state index >= 15 is 0 Å². The molecule has 2 aliphatic heterocycles. The summed E-state index contributed by atoms with van der Waals surface area (Å²) in [4.78, 5) is 19.3. The van der Waals surface area contributed by atoms with Gasteiger partial charge in [0.25, 0.3) is 0 Å². The molecule has 2 aliphatic rings. The predicted octanol–water partition coefficient (Wildman–Crippen LogP) is 8.37. The molecule has 0 aliphatic carbocycles. The van der Waals surface area contributed by atoms with Crippen molar-refractivity contribution in [3.8, 4) is 11.5 Å². The third-order valence-corrected chi connectivity index (χ3v) is 12.0. The van der Waals surface area contributed by atoms with Gasteiger partial charge >= 0.3 is 5.97 Å². The van der Waals surface area contributed by atoms with Crippen molar-refractivity contribution in [2.24, 2.45) is 0 Å². The van der Waals surface area contributed by atoms with Crippen molar-refractivity contribution in [1.82, 2.24) is 0 Å². The highest BCUT2D eigenvalue weighted by Crippen LogP contribution is 2.43. The van der Waals surface area contributed by atoms with E-state index in [1.165, 1.54) is 18.9 Å². The van der Waals surface area contributed by atoms with Gasteiger partial charge in [-0.3, -0.25) is 4.79 Å². The highest BCUT2D eigenvalue weighted by atomic mass is 79.9. The molecule has 2 heterocycles. The van der Waals surface area contributed by atoms with Gasteiger partial charge in [-0.1, -0.05) is 68.3 Å². The maximum atomic E-state index is 12.6. The number of halogens is 2. The second-order valence-corrected chi connectivity index (χ2v) is 16.8. The van der Waals surface area contributed by atoms with Crippen molar-refractivity contribution >= 4 is 72.7 Å². The van der Waals surface area contributed by atoms with Crippen LogP contribution in [-0.4, -0.2) is 105 Å². The van der Waals surface area contributed by atoms with Crippen LogP contribution in [0.2, 0.25) is 0 Å². The number of nitrogens with zero attached hydrogens (tertiary/aromatic N) is 2. The quantitative estimate of drug-likeness (QED) is 0.0662. The topological polar surface area (TPSA) is 108 Å². The summed E-state index contributed by atoms with van der Waals surface area (Å²) in [5.74, 6) is 0.992. The average Bonchev–Trinajstić information content (AvgIpc) is 3.23. The van der Waals surface area contributed by atoms with Crippen LogP contribution in [0.25, 0.3) is 0 Å². The van der Waals surface area contributed by atoms with E-state index in [4.69, 9.17) is 33.2 Å². The number of esters is 1. The van der Waals surface area contributed by atoms with Gasteiger partial charge < -0.3 is 48.1 Å². The molecule has 2 atom stereocenters. The summed E-state index contributed by atoms with van der Waals surface area (Å²) in [5.41, 5.74) is 3.96. The molecule has 0 aromatic heterocycles. The SMILES string of the molecule is COCOc1ccccc1C(CO)Sc1cc(Br)cc(N2CCOCC2)c1.COCOc1ccccc1C(Sc1cc(Br)cc(N2CCOCC2)c1)C(=O)OC. The van der Waals surface area contributed by atoms with E-state index < -0.39 is 5.25 Å². The van der Waals surface area contributed by atoms with E-state index in [1.807, 2.05) is 54.6 Å². The van der Waals surface area contributed by atoms with E-state index in [-0.39, 0.29) is 31.4 Å². The maximum Gasteiger partial charge on any atom is 0.323 e. The Kier molecular flexibility index (Phi) is 18.5. The molecule has 6 rings (SSSR count). The highest BCUT2D eigenvalue weighted by molar-refractivity contribution is 9.10. The number of aliphatic hydroxyl groups excluding tert-OH is 1. The number of rotatable bonds is 16. The number of ether oxygens (including phenoxy) is 7. The molecule has 2 unspecified atom stereocenters. The number of carbonyl (C=O) groups excluding carboxylic acids is 1. The number of hydrogen-bond donors (Lipinski definition) is 1. The first-order chi connectivity index (χ1) is 27.3. The summed E-state index contributed by atoms with van der Waals surface area (Å²) < 4.78 is 39.3. The molecule has 0 amide bonds. The van der Waals surface area contributed by atoms with Crippen molar-refractivity contribution in [3.05, 3.63) is 105 Å². The fourth-order valence-electron chi connectivity index (χ4n) is 6.04. The van der Waals surface area contributed by atoms with Crippen LogP contribution in [0.1, 0.15) is 21.6 Å². The van der Waals surface area contributed by atoms with Crippen LogP contribution in [0.5, 0.6) is 11.5 Å². The number of thioether (sulfide) groups is 2. The van der Waals surface area contributed by atoms with E-state index in [0.29, 0.717) is 19.0 Å². The molecule has 56 heavy (non-hydrogen) atoms. The second kappa shape index (κ2) is 23.4.